The highest BCUT2D eigenvalue weighted by molar-refractivity contribution is 6.03. The van der Waals surface area contributed by atoms with Crippen LogP contribution in [0.25, 0.3) is 39.1 Å². The number of allylic oxidation sites excluding steroid dienone is 1. The first-order valence-electron chi connectivity index (χ1n) is 18.4. The monoisotopic (exact) mass is 705 g/mol. The van der Waals surface area contributed by atoms with E-state index in [4.69, 9.17) is 28.6 Å². The number of aromatic nitrogens is 2. The summed E-state index contributed by atoms with van der Waals surface area (Å²) >= 11 is 0. The Kier molecular flexibility index (Phi) is 8.42. The van der Waals surface area contributed by atoms with E-state index in [0.717, 1.165) is 93.2 Å². The van der Waals surface area contributed by atoms with Gasteiger partial charge in [-0.2, -0.15) is 0 Å². The molecular weight excluding hydrogens is 658 g/mol. The Morgan fingerprint density at radius 2 is 1.58 bits per heavy atom. The third-order valence-corrected chi connectivity index (χ3v) is 10.1. The number of carbonyl (C=O) groups excluding carboxylic acids is 2. The van der Waals surface area contributed by atoms with Crippen LogP contribution in [0, 0.1) is 0 Å². The van der Waals surface area contributed by atoms with E-state index in [1.165, 1.54) is 0 Å². The molecular formula is C41H47N5O6. The number of benzene rings is 2. The number of likely N-dealkylation sites (tertiary alicyclic amines) is 2. The van der Waals surface area contributed by atoms with Crippen molar-refractivity contribution in [2.45, 2.75) is 103 Å². The van der Waals surface area contributed by atoms with Crippen molar-refractivity contribution in [3.05, 3.63) is 65.7 Å². The van der Waals surface area contributed by atoms with Crippen LogP contribution in [0.5, 0.6) is 5.75 Å². The first-order valence-corrected chi connectivity index (χ1v) is 18.4. The van der Waals surface area contributed by atoms with E-state index in [9.17, 15) is 9.59 Å². The number of furan rings is 1. The van der Waals surface area contributed by atoms with Gasteiger partial charge in [-0.15, -0.1) is 0 Å². The molecule has 0 radical (unpaired) electrons. The normalized spacial score (nSPS) is 20.3. The molecule has 11 heteroatoms. The number of imidazole rings is 1. The first kappa shape index (κ1) is 34.0. The molecule has 8 rings (SSSR count). The predicted molar refractivity (Wildman–Crippen MR) is 199 cm³/mol. The highest BCUT2D eigenvalue weighted by Crippen LogP contribution is 2.44. The van der Waals surface area contributed by atoms with Crippen LogP contribution in [0.1, 0.15) is 96.6 Å². The molecule has 272 valence electrons. The summed E-state index contributed by atoms with van der Waals surface area (Å²) < 4.78 is 24.2. The number of hydrogen-bond donors (Lipinski definition) is 1. The van der Waals surface area contributed by atoms with Crippen LogP contribution in [0.4, 0.5) is 9.59 Å². The maximum absolute atomic E-state index is 12.9. The van der Waals surface area contributed by atoms with E-state index in [1.54, 1.807) is 4.90 Å². The lowest BCUT2D eigenvalue weighted by Gasteiger charge is -2.28. The Morgan fingerprint density at radius 1 is 0.885 bits per heavy atom. The molecule has 52 heavy (non-hydrogen) atoms. The van der Waals surface area contributed by atoms with Crippen LogP contribution >= 0.6 is 0 Å². The molecule has 1 N–H and O–H groups in total. The molecule has 2 atom stereocenters. The van der Waals surface area contributed by atoms with Gasteiger partial charge in [0.2, 0.25) is 0 Å². The molecule has 2 aromatic heterocycles. The predicted octanol–water partition coefficient (Wildman–Crippen LogP) is 9.08. The lowest BCUT2D eigenvalue weighted by Crippen LogP contribution is -2.43. The summed E-state index contributed by atoms with van der Waals surface area (Å²) in [6.45, 7) is 13.2. The molecule has 0 saturated carbocycles. The van der Waals surface area contributed by atoms with Crippen molar-refractivity contribution >= 4 is 34.4 Å². The molecule has 0 unspecified atom stereocenters. The summed E-state index contributed by atoms with van der Waals surface area (Å²) in [5, 5.41) is 1.04. The van der Waals surface area contributed by atoms with E-state index in [2.05, 4.69) is 29.2 Å². The zero-order valence-electron chi connectivity index (χ0n) is 30.9. The molecule has 11 nitrogen and oxygen atoms in total. The highest BCUT2D eigenvalue weighted by Gasteiger charge is 2.37. The average molecular weight is 706 g/mol. The van der Waals surface area contributed by atoms with Crippen molar-refractivity contribution in [1.82, 2.24) is 19.8 Å². The second-order valence-electron chi connectivity index (χ2n) is 16.2. The van der Waals surface area contributed by atoms with Gasteiger partial charge in [-0.05, 0) is 109 Å². The van der Waals surface area contributed by atoms with Gasteiger partial charge in [-0.3, -0.25) is 14.8 Å². The second kappa shape index (κ2) is 12.9. The molecule has 0 spiro atoms. The Morgan fingerprint density at radius 3 is 2.31 bits per heavy atom. The molecule has 6 heterocycles. The third-order valence-electron chi connectivity index (χ3n) is 10.1. The fourth-order valence-corrected chi connectivity index (χ4v) is 7.80. The summed E-state index contributed by atoms with van der Waals surface area (Å²) in [5.41, 5.74) is 6.79. The average Bonchev–Trinajstić information content (AvgIpc) is 3.92. The zero-order valence-corrected chi connectivity index (χ0v) is 30.9. The molecule has 2 amide bonds. The number of aliphatic imine (C=N–C) groups is 1. The van der Waals surface area contributed by atoms with Gasteiger partial charge in [0.25, 0.3) is 0 Å². The topological polar surface area (TPSA) is 122 Å². The number of rotatable bonds is 4. The number of carbonyl (C=O) groups is 2. The van der Waals surface area contributed by atoms with Gasteiger partial charge >= 0.3 is 12.2 Å². The molecule has 4 aliphatic rings. The van der Waals surface area contributed by atoms with Crippen LogP contribution in [-0.4, -0.2) is 74.6 Å². The van der Waals surface area contributed by atoms with Gasteiger partial charge < -0.3 is 23.6 Å². The van der Waals surface area contributed by atoms with Gasteiger partial charge in [0.15, 0.2) is 0 Å². The summed E-state index contributed by atoms with van der Waals surface area (Å²) in [4.78, 5) is 42.5. The van der Waals surface area contributed by atoms with E-state index < -0.39 is 11.2 Å². The van der Waals surface area contributed by atoms with Crippen LogP contribution in [0.3, 0.4) is 0 Å². The summed E-state index contributed by atoms with van der Waals surface area (Å²) in [6, 6.07) is 12.3. The van der Waals surface area contributed by atoms with Crippen molar-refractivity contribution in [3.63, 3.8) is 0 Å². The van der Waals surface area contributed by atoms with Gasteiger partial charge in [-0.25, -0.2) is 14.6 Å². The molecule has 4 aromatic rings. The fraction of sp³-hybridized carbons (Fsp3) is 0.463. The third kappa shape index (κ3) is 6.57. The lowest BCUT2D eigenvalue weighted by molar-refractivity contribution is 0.0216. The van der Waals surface area contributed by atoms with Crippen LogP contribution in [-0.2, 0) is 15.9 Å². The number of H-pyrrole nitrogens is 1. The Balaban J connectivity index is 1.00. The van der Waals surface area contributed by atoms with Crippen molar-refractivity contribution < 1.29 is 28.2 Å². The van der Waals surface area contributed by atoms with Crippen LogP contribution in [0.2, 0.25) is 0 Å². The number of hydrogen-bond acceptors (Lipinski definition) is 8. The van der Waals surface area contributed by atoms with E-state index >= 15 is 0 Å². The maximum atomic E-state index is 12.9. The van der Waals surface area contributed by atoms with Crippen molar-refractivity contribution in [2.24, 2.45) is 4.99 Å². The van der Waals surface area contributed by atoms with Gasteiger partial charge in [0.1, 0.15) is 34.1 Å². The number of fused-ring (bicyclic) bond motifs is 5. The van der Waals surface area contributed by atoms with Crippen LogP contribution in [0.15, 0.2) is 58.2 Å². The maximum Gasteiger partial charge on any atom is 0.410 e. The van der Waals surface area contributed by atoms with Gasteiger partial charge in [-0.1, -0.05) is 6.07 Å². The van der Waals surface area contributed by atoms with Crippen LogP contribution < -0.4 is 4.74 Å². The minimum absolute atomic E-state index is 0.0494. The Bertz CT molecular complexity index is 2110. The summed E-state index contributed by atoms with van der Waals surface area (Å²) in [6.07, 6.45) is 8.13. The zero-order chi connectivity index (χ0) is 36.4. The fourth-order valence-electron chi connectivity index (χ4n) is 7.80. The molecule has 2 fully saturated rings. The molecule has 2 saturated heterocycles. The van der Waals surface area contributed by atoms with Gasteiger partial charge in [0.05, 0.1) is 36.1 Å². The summed E-state index contributed by atoms with van der Waals surface area (Å²) in [7, 11) is 0. The summed E-state index contributed by atoms with van der Waals surface area (Å²) in [5.74, 6) is 2.37. The number of aromatic amines is 1. The highest BCUT2D eigenvalue weighted by atomic mass is 16.6. The number of nitrogens with zero attached hydrogens (tertiary/aromatic N) is 4. The molecule has 0 bridgehead atoms. The number of amides is 2. The van der Waals surface area contributed by atoms with Crippen molar-refractivity contribution in [3.8, 4) is 28.3 Å². The molecule has 0 aliphatic carbocycles. The number of ether oxygens (including phenoxy) is 3. The van der Waals surface area contributed by atoms with E-state index in [-0.39, 0.29) is 24.3 Å². The first-order chi connectivity index (χ1) is 24.8. The van der Waals surface area contributed by atoms with Gasteiger partial charge in [0, 0.05) is 54.4 Å². The quantitative estimate of drug-likeness (QED) is 0.225. The smallest absolute Gasteiger partial charge is 0.410 e. The molecule has 2 aromatic carbocycles. The SMILES string of the molecule is CC(C)(C)OC(=O)N1CCC[C@H]1C1=NC=C(c2ccc3c(c2)OCCc2c-3oc3ccc(-c4cnc([C@@H]5CCCN5C(=O)OC(C)(C)C)[nH]4)cc23)C1. The second-order valence-corrected chi connectivity index (χ2v) is 16.2. The largest absolute Gasteiger partial charge is 0.492 e. The standard InChI is InChI=1S/C41H47N5O6/c1-40(2,3)51-38(47)45-16-7-9-32(45)30-20-26(22-42-30)24-11-13-28-35(21-24)49-18-15-27-29-19-25(12-14-34(29)50-36(27)28)31-23-43-37(44-31)33-10-8-17-46(33)39(48)52-41(4,5)6/h11-14,19,21-23,32-33H,7-10,15-18,20H2,1-6H3,(H,43,44)/t32-,33-/m0/s1. The molecule has 4 aliphatic heterocycles. The van der Waals surface area contributed by atoms with E-state index in [1.807, 2.05) is 71.0 Å². The minimum Gasteiger partial charge on any atom is -0.492 e. The Hall–Kier alpha value is -5.06. The lowest BCUT2D eigenvalue weighted by atomic mass is 9.96. The van der Waals surface area contributed by atoms with E-state index in [0.29, 0.717) is 32.5 Å². The minimum atomic E-state index is -0.555. The Labute approximate surface area is 304 Å². The van der Waals surface area contributed by atoms with Crippen molar-refractivity contribution in [2.75, 3.05) is 19.7 Å². The number of nitrogens with one attached hydrogen (secondary N) is 1. The van der Waals surface area contributed by atoms with Crippen molar-refractivity contribution in [1.29, 1.82) is 0 Å².